The van der Waals surface area contributed by atoms with Gasteiger partial charge in [0.25, 0.3) is 0 Å². The second-order valence-electron chi connectivity index (χ2n) is 3.93. The molecule has 0 fully saturated rings. The zero-order chi connectivity index (χ0) is 13.8. The molecule has 0 bridgehead atoms. The molecular weight excluding hydrogens is 247 g/mol. The molecule has 5 heteroatoms. The molecule has 1 heterocycles. The van der Waals surface area contributed by atoms with Crippen molar-refractivity contribution in [3.05, 3.63) is 53.5 Å². The van der Waals surface area contributed by atoms with Gasteiger partial charge in [-0.3, -0.25) is 0 Å². The van der Waals surface area contributed by atoms with Crippen LogP contribution in [0.5, 0.6) is 11.6 Å². The first-order valence-electron chi connectivity index (χ1n) is 5.62. The minimum Gasteiger partial charge on any atom is -0.438 e. The number of benzene rings is 1. The average molecular weight is 258 g/mol. The zero-order valence-corrected chi connectivity index (χ0v) is 10.2. The fourth-order valence-electron chi connectivity index (χ4n) is 1.51. The summed E-state index contributed by atoms with van der Waals surface area (Å²) < 4.78 is 18.7. The first-order valence-corrected chi connectivity index (χ1v) is 5.62. The van der Waals surface area contributed by atoms with Crippen molar-refractivity contribution in [3.63, 3.8) is 0 Å². The minimum atomic E-state index is -0.638. The van der Waals surface area contributed by atoms with Crippen LogP contribution < -0.4 is 4.74 Å². The van der Waals surface area contributed by atoms with Crippen LogP contribution in [0.25, 0.3) is 0 Å². The Bertz CT molecular complexity index is 618. The Balaban J connectivity index is 2.27. The number of hydrogen-bond acceptors (Lipinski definition) is 4. The van der Waals surface area contributed by atoms with Crippen molar-refractivity contribution in [2.45, 2.75) is 13.0 Å². The molecule has 1 aromatic carbocycles. The monoisotopic (exact) mass is 258 g/mol. The molecule has 96 valence electrons. The minimum absolute atomic E-state index is 0.111. The van der Waals surface area contributed by atoms with E-state index in [9.17, 15) is 9.50 Å². The van der Waals surface area contributed by atoms with Gasteiger partial charge in [0.05, 0.1) is 6.10 Å². The van der Waals surface area contributed by atoms with Gasteiger partial charge >= 0.3 is 0 Å². The molecule has 0 radical (unpaired) electrons. The number of nitriles is 1. The van der Waals surface area contributed by atoms with Gasteiger partial charge in [-0.25, -0.2) is 9.37 Å². The summed E-state index contributed by atoms with van der Waals surface area (Å²) in [6.07, 6.45) is 0.844. The largest absolute Gasteiger partial charge is 0.438 e. The molecule has 1 aromatic heterocycles. The molecule has 1 atom stereocenters. The van der Waals surface area contributed by atoms with Gasteiger partial charge in [-0.1, -0.05) is 6.07 Å². The van der Waals surface area contributed by atoms with Crippen LogP contribution in [0.2, 0.25) is 0 Å². The average Bonchev–Trinajstić information content (AvgIpc) is 2.39. The van der Waals surface area contributed by atoms with E-state index in [-0.39, 0.29) is 17.2 Å². The molecule has 19 heavy (non-hydrogen) atoms. The second-order valence-corrected chi connectivity index (χ2v) is 3.93. The molecule has 0 unspecified atom stereocenters. The maximum absolute atomic E-state index is 13.4. The number of hydrogen-bond donors (Lipinski definition) is 1. The molecular formula is C14H11FN2O2. The first kappa shape index (κ1) is 13.0. The Morgan fingerprint density at radius 3 is 2.74 bits per heavy atom. The molecule has 0 amide bonds. The number of rotatable bonds is 3. The van der Waals surface area contributed by atoms with E-state index >= 15 is 0 Å². The lowest BCUT2D eigenvalue weighted by atomic mass is 10.2. The van der Waals surface area contributed by atoms with Crippen LogP contribution in [0, 0.1) is 17.1 Å². The summed E-state index contributed by atoms with van der Waals surface area (Å²) >= 11 is 0. The molecule has 0 saturated carbocycles. The van der Waals surface area contributed by atoms with E-state index in [1.807, 2.05) is 0 Å². The third-order valence-corrected chi connectivity index (χ3v) is 2.54. The third-order valence-electron chi connectivity index (χ3n) is 2.54. The number of aliphatic hydroxyl groups excluding tert-OH is 1. The van der Waals surface area contributed by atoms with E-state index in [0.29, 0.717) is 5.56 Å². The molecule has 2 aromatic rings. The van der Waals surface area contributed by atoms with Gasteiger partial charge in [-0.05, 0) is 30.7 Å². The van der Waals surface area contributed by atoms with Crippen LogP contribution >= 0.6 is 0 Å². The molecule has 1 N–H and O–H groups in total. The van der Waals surface area contributed by atoms with Gasteiger partial charge < -0.3 is 9.84 Å². The summed E-state index contributed by atoms with van der Waals surface area (Å²) in [4.78, 5) is 3.99. The quantitative estimate of drug-likeness (QED) is 0.919. The number of pyridine rings is 1. The van der Waals surface area contributed by atoms with E-state index in [0.717, 1.165) is 0 Å². The molecule has 0 aliphatic heterocycles. The molecule has 0 saturated heterocycles. The van der Waals surface area contributed by atoms with Crippen molar-refractivity contribution in [2.24, 2.45) is 0 Å². The van der Waals surface area contributed by atoms with Crippen molar-refractivity contribution < 1.29 is 14.2 Å². The highest BCUT2D eigenvalue weighted by Crippen LogP contribution is 2.25. The number of aliphatic hydroxyl groups is 1. The van der Waals surface area contributed by atoms with Gasteiger partial charge in [0.2, 0.25) is 5.88 Å². The lowest BCUT2D eigenvalue weighted by molar-refractivity contribution is 0.198. The van der Waals surface area contributed by atoms with Gasteiger partial charge in [-0.15, -0.1) is 0 Å². The van der Waals surface area contributed by atoms with E-state index in [4.69, 9.17) is 10.00 Å². The molecule has 0 spiro atoms. The Morgan fingerprint density at radius 2 is 2.16 bits per heavy atom. The summed E-state index contributed by atoms with van der Waals surface area (Å²) in [6, 6.07) is 9.08. The maximum Gasteiger partial charge on any atom is 0.219 e. The first-order chi connectivity index (χ1) is 9.11. The summed E-state index contributed by atoms with van der Waals surface area (Å²) in [7, 11) is 0. The highest BCUT2D eigenvalue weighted by molar-refractivity contribution is 5.45. The van der Waals surface area contributed by atoms with Gasteiger partial charge in [0, 0.05) is 12.3 Å². The van der Waals surface area contributed by atoms with E-state index in [2.05, 4.69) is 4.98 Å². The summed E-state index contributed by atoms with van der Waals surface area (Å²) in [5, 5.41) is 18.2. The van der Waals surface area contributed by atoms with Crippen molar-refractivity contribution in [2.75, 3.05) is 0 Å². The van der Waals surface area contributed by atoms with Crippen molar-refractivity contribution in [1.29, 1.82) is 5.26 Å². The van der Waals surface area contributed by atoms with E-state index < -0.39 is 11.9 Å². The van der Waals surface area contributed by atoms with Crippen LogP contribution in [0.15, 0.2) is 36.5 Å². The lowest BCUT2D eigenvalue weighted by Crippen LogP contribution is -1.95. The predicted octanol–water partition coefficient (Wildman–Crippen LogP) is 2.94. The van der Waals surface area contributed by atoms with Crippen LogP contribution in [0.3, 0.4) is 0 Å². The summed E-state index contributed by atoms with van der Waals surface area (Å²) in [5.74, 6) is -0.299. The lowest BCUT2D eigenvalue weighted by Gasteiger charge is -2.08. The number of ether oxygens (including phenoxy) is 1. The van der Waals surface area contributed by atoms with Crippen molar-refractivity contribution in [3.8, 4) is 17.7 Å². The van der Waals surface area contributed by atoms with Crippen LogP contribution in [-0.4, -0.2) is 10.1 Å². The normalized spacial score (nSPS) is 11.7. The smallest absolute Gasteiger partial charge is 0.219 e. The molecule has 2 rings (SSSR count). The summed E-state index contributed by atoms with van der Waals surface area (Å²) in [6.45, 7) is 1.62. The standard InChI is InChI=1S/C14H11FN2O2/c1-9(18)10-5-6-14(17-8-10)19-13-4-2-3-12(15)11(13)7-16/h2-6,8-9,18H,1H3/t9-/m1/s1. The second kappa shape index (κ2) is 5.46. The van der Waals surface area contributed by atoms with Crippen LogP contribution in [-0.2, 0) is 0 Å². The van der Waals surface area contributed by atoms with Crippen molar-refractivity contribution in [1.82, 2.24) is 4.98 Å². The fourth-order valence-corrected chi connectivity index (χ4v) is 1.51. The highest BCUT2D eigenvalue weighted by atomic mass is 19.1. The number of halogens is 1. The Kier molecular flexibility index (Phi) is 3.74. The van der Waals surface area contributed by atoms with E-state index in [1.165, 1.54) is 24.4 Å². The number of aromatic nitrogens is 1. The highest BCUT2D eigenvalue weighted by Gasteiger charge is 2.10. The van der Waals surface area contributed by atoms with Crippen molar-refractivity contribution >= 4 is 0 Å². The van der Waals surface area contributed by atoms with Gasteiger partial charge in [0.1, 0.15) is 23.2 Å². The zero-order valence-electron chi connectivity index (χ0n) is 10.2. The topological polar surface area (TPSA) is 66.1 Å². The maximum atomic E-state index is 13.4. The Hall–Kier alpha value is -2.45. The molecule has 4 nitrogen and oxygen atoms in total. The van der Waals surface area contributed by atoms with E-state index in [1.54, 1.807) is 25.1 Å². The van der Waals surface area contributed by atoms with Crippen LogP contribution in [0.4, 0.5) is 4.39 Å². The predicted molar refractivity (Wildman–Crippen MR) is 66.1 cm³/mol. The molecule has 0 aliphatic rings. The summed E-state index contributed by atoms with van der Waals surface area (Å²) in [5.41, 5.74) is 0.482. The van der Waals surface area contributed by atoms with Gasteiger partial charge in [0.15, 0.2) is 0 Å². The Morgan fingerprint density at radius 1 is 1.37 bits per heavy atom. The third kappa shape index (κ3) is 2.87. The Labute approximate surface area is 109 Å². The molecule has 0 aliphatic carbocycles. The SMILES string of the molecule is C[C@@H](O)c1ccc(Oc2cccc(F)c2C#N)nc1. The van der Waals surface area contributed by atoms with Crippen LogP contribution in [0.1, 0.15) is 24.2 Å². The number of nitrogens with zero attached hydrogens (tertiary/aromatic N) is 2. The van der Waals surface area contributed by atoms with Gasteiger partial charge in [-0.2, -0.15) is 5.26 Å². The fraction of sp³-hybridized carbons (Fsp3) is 0.143.